The third-order valence-electron chi connectivity index (χ3n) is 2.44. The maximum Gasteiger partial charge on any atom is 0.0276 e. The van der Waals surface area contributed by atoms with Gasteiger partial charge in [0.1, 0.15) is 0 Å². The van der Waals surface area contributed by atoms with E-state index in [0.29, 0.717) is 11.8 Å². The molecule has 0 amide bonds. The maximum atomic E-state index is 5.68. The van der Waals surface area contributed by atoms with Crippen molar-refractivity contribution in [2.24, 2.45) is 17.6 Å². The zero-order chi connectivity index (χ0) is 7.68. The van der Waals surface area contributed by atoms with E-state index in [4.69, 9.17) is 5.73 Å². The van der Waals surface area contributed by atoms with Crippen LogP contribution < -0.4 is 5.73 Å². The van der Waals surface area contributed by atoms with E-state index in [9.17, 15) is 0 Å². The monoisotopic (exact) mass is 147 g/mol. The SMILES string of the molecule is NC1=CC2C=CCCC2C=C1. The molecule has 2 atom stereocenters. The lowest BCUT2D eigenvalue weighted by Crippen LogP contribution is -2.16. The van der Waals surface area contributed by atoms with E-state index in [1.807, 2.05) is 6.08 Å². The van der Waals surface area contributed by atoms with Gasteiger partial charge in [0.15, 0.2) is 0 Å². The predicted octanol–water partition coefficient (Wildman–Crippen LogP) is 1.98. The van der Waals surface area contributed by atoms with Crippen LogP contribution in [0.5, 0.6) is 0 Å². The average Bonchev–Trinajstić information content (AvgIpc) is 2.04. The van der Waals surface area contributed by atoms with Crippen LogP contribution in [0.2, 0.25) is 0 Å². The normalized spacial score (nSPS) is 34.7. The summed E-state index contributed by atoms with van der Waals surface area (Å²) in [6.07, 6.45) is 13.4. The summed E-state index contributed by atoms with van der Waals surface area (Å²) in [5, 5.41) is 0. The summed E-state index contributed by atoms with van der Waals surface area (Å²) in [7, 11) is 0. The number of fused-ring (bicyclic) bond motifs is 1. The Morgan fingerprint density at radius 2 is 2.27 bits per heavy atom. The first-order chi connectivity index (χ1) is 5.36. The van der Waals surface area contributed by atoms with E-state index in [0.717, 1.165) is 5.70 Å². The van der Waals surface area contributed by atoms with Gasteiger partial charge in [0, 0.05) is 11.6 Å². The highest BCUT2D eigenvalue weighted by atomic mass is 14.6. The number of rotatable bonds is 0. The quantitative estimate of drug-likeness (QED) is 0.521. The molecule has 2 aliphatic rings. The Bertz CT molecular complexity index is 235. The van der Waals surface area contributed by atoms with Crippen LogP contribution in [0.3, 0.4) is 0 Å². The number of hydrogen-bond donors (Lipinski definition) is 1. The minimum Gasteiger partial charge on any atom is -0.399 e. The van der Waals surface area contributed by atoms with Crippen molar-refractivity contribution >= 4 is 0 Å². The third-order valence-corrected chi connectivity index (χ3v) is 2.44. The lowest BCUT2D eigenvalue weighted by molar-refractivity contribution is 0.489. The molecule has 0 aromatic carbocycles. The standard InChI is InChI=1S/C10H13N/c11-10-6-5-8-3-1-2-4-9(8)7-10/h2,4-9H,1,3,11H2. The van der Waals surface area contributed by atoms with E-state index >= 15 is 0 Å². The van der Waals surface area contributed by atoms with Crippen LogP contribution in [0.1, 0.15) is 12.8 Å². The third kappa shape index (κ3) is 1.23. The molecule has 0 saturated carbocycles. The molecular weight excluding hydrogens is 134 g/mol. The Morgan fingerprint density at radius 1 is 1.36 bits per heavy atom. The van der Waals surface area contributed by atoms with Gasteiger partial charge in [-0.3, -0.25) is 0 Å². The van der Waals surface area contributed by atoms with E-state index in [2.05, 4.69) is 24.3 Å². The lowest BCUT2D eigenvalue weighted by atomic mass is 9.81. The Balaban J connectivity index is 2.24. The van der Waals surface area contributed by atoms with Crippen LogP contribution in [-0.2, 0) is 0 Å². The number of nitrogens with two attached hydrogens (primary N) is 1. The molecular formula is C10H13N. The second-order valence-electron chi connectivity index (χ2n) is 3.27. The van der Waals surface area contributed by atoms with E-state index in [1.165, 1.54) is 12.8 Å². The Labute approximate surface area is 67.3 Å². The highest BCUT2D eigenvalue weighted by Gasteiger charge is 2.19. The largest absolute Gasteiger partial charge is 0.399 e. The Hall–Kier alpha value is -0.980. The van der Waals surface area contributed by atoms with Gasteiger partial charge >= 0.3 is 0 Å². The van der Waals surface area contributed by atoms with Gasteiger partial charge in [-0.2, -0.15) is 0 Å². The molecule has 0 aromatic rings. The molecule has 1 nitrogen and oxygen atoms in total. The summed E-state index contributed by atoms with van der Waals surface area (Å²) in [6.45, 7) is 0. The van der Waals surface area contributed by atoms with Crippen LogP contribution in [0.25, 0.3) is 0 Å². The molecule has 0 bridgehead atoms. The number of hydrogen-bond acceptors (Lipinski definition) is 1. The topological polar surface area (TPSA) is 26.0 Å². The van der Waals surface area contributed by atoms with Crippen LogP contribution in [-0.4, -0.2) is 0 Å². The zero-order valence-corrected chi connectivity index (χ0v) is 6.53. The van der Waals surface area contributed by atoms with Crippen molar-refractivity contribution in [1.29, 1.82) is 0 Å². The molecule has 11 heavy (non-hydrogen) atoms. The maximum absolute atomic E-state index is 5.68. The van der Waals surface area contributed by atoms with Crippen LogP contribution in [0.4, 0.5) is 0 Å². The molecule has 0 aliphatic heterocycles. The smallest absolute Gasteiger partial charge is 0.0276 e. The number of allylic oxidation sites excluding steroid dienone is 5. The van der Waals surface area contributed by atoms with Gasteiger partial charge < -0.3 is 5.73 Å². The Morgan fingerprint density at radius 3 is 3.18 bits per heavy atom. The van der Waals surface area contributed by atoms with Crippen LogP contribution in [0.15, 0.2) is 36.1 Å². The van der Waals surface area contributed by atoms with Crippen molar-refractivity contribution in [2.75, 3.05) is 0 Å². The van der Waals surface area contributed by atoms with Gasteiger partial charge in [-0.25, -0.2) is 0 Å². The molecule has 0 spiro atoms. The van der Waals surface area contributed by atoms with Gasteiger partial charge in [0.2, 0.25) is 0 Å². The predicted molar refractivity (Wildman–Crippen MR) is 46.8 cm³/mol. The fraction of sp³-hybridized carbons (Fsp3) is 0.400. The molecule has 0 aromatic heterocycles. The first kappa shape index (κ1) is 6.71. The summed E-state index contributed by atoms with van der Waals surface area (Å²) in [4.78, 5) is 0. The van der Waals surface area contributed by atoms with E-state index < -0.39 is 0 Å². The summed E-state index contributed by atoms with van der Waals surface area (Å²) < 4.78 is 0. The molecule has 2 unspecified atom stereocenters. The zero-order valence-electron chi connectivity index (χ0n) is 6.53. The summed E-state index contributed by atoms with van der Waals surface area (Å²) in [5.74, 6) is 1.29. The lowest BCUT2D eigenvalue weighted by Gasteiger charge is -2.25. The molecule has 0 saturated heterocycles. The molecule has 2 rings (SSSR count). The van der Waals surface area contributed by atoms with Gasteiger partial charge in [-0.05, 0) is 24.8 Å². The van der Waals surface area contributed by atoms with Gasteiger partial charge in [-0.15, -0.1) is 0 Å². The summed E-state index contributed by atoms with van der Waals surface area (Å²) >= 11 is 0. The van der Waals surface area contributed by atoms with Crippen molar-refractivity contribution in [1.82, 2.24) is 0 Å². The van der Waals surface area contributed by atoms with Crippen molar-refractivity contribution in [3.05, 3.63) is 36.1 Å². The van der Waals surface area contributed by atoms with E-state index in [1.54, 1.807) is 0 Å². The molecule has 58 valence electrons. The van der Waals surface area contributed by atoms with E-state index in [-0.39, 0.29) is 0 Å². The average molecular weight is 147 g/mol. The van der Waals surface area contributed by atoms with Gasteiger partial charge in [-0.1, -0.05) is 24.3 Å². The molecule has 1 heteroatoms. The highest BCUT2D eigenvalue weighted by Crippen LogP contribution is 2.30. The van der Waals surface area contributed by atoms with Crippen molar-refractivity contribution in [2.45, 2.75) is 12.8 Å². The van der Waals surface area contributed by atoms with Crippen molar-refractivity contribution in [3.63, 3.8) is 0 Å². The highest BCUT2D eigenvalue weighted by molar-refractivity contribution is 5.26. The molecule has 2 aliphatic carbocycles. The van der Waals surface area contributed by atoms with Crippen LogP contribution >= 0.6 is 0 Å². The second-order valence-corrected chi connectivity index (χ2v) is 3.27. The first-order valence-corrected chi connectivity index (χ1v) is 4.18. The van der Waals surface area contributed by atoms with Gasteiger partial charge in [0.05, 0.1) is 0 Å². The minimum atomic E-state index is 0.578. The second kappa shape index (κ2) is 2.57. The molecule has 0 fully saturated rings. The summed E-state index contributed by atoms with van der Waals surface area (Å²) in [5.41, 5.74) is 6.60. The van der Waals surface area contributed by atoms with Crippen molar-refractivity contribution < 1.29 is 0 Å². The molecule has 0 radical (unpaired) electrons. The van der Waals surface area contributed by atoms with Gasteiger partial charge in [0.25, 0.3) is 0 Å². The molecule has 0 heterocycles. The minimum absolute atomic E-state index is 0.578. The Kier molecular flexibility index (Phi) is 1.57. The van der Waals surface area contributed by atoms with Crippen LogP contribution in [0, 0.1) is 11.8 Å². The fourth-order valence-electron chi connectivity index (χ4n) is 1.79. The fourth-order valence-corrected chi connectivity index (χ4v) is 1.79. The molecule has 2 N–H and O–H groups in total. The van der Waals surface area contributed by atoms with Crippen molar-refractivity contribution in [3.8, 4) is 0 Å². The first-order valence-electron chi connectivity index (χ1n) is 4.18. The summed E-state index contributed by atoms with van der Waals surface area (Å²) in [6, 6.07) is 0.